The largest absolute Gasteiger partial charge is 0.457 e. The molecule has 4 heteroatoms. The van der Waals surface area contributed by atoms with Crippen LogP contribution in [0.3, 0.4) is 0 Å². The van der Waals surface area contributed by atoms with Gasteiger partial charge >= 0.3 is 7.12 Å². The summed E-state index contributed by atoms with van der Waals surface area (Å²) in [6.07, 6.45) is 5.04. The lowest BCUT2D eigenvalue weighted by atomic mass is 9.43. The van der Waals surface area contributed by atoms with Crippen LogP contribution < -0.4 is 0 Å². The lowest BCUT2D eigenvalue weighted by Gasteiger charge is -2.64. The molecular formula is C13H22BBrO2. The van der Waals surface area contributed by atoms with Gasteiger partial charge in [0.2, 0.25) is 0 Å². The van der Waals surface area contributed by atoms with E-state index in [0.717, 1.165) is 24.0 Å². The summed E-state index contributed by atoms with van der Waals surface area (Å²) in [6.45, 7) is 7.10. The van der Waals surface area contributed by atoms with Gasteiger partial charge in [-0.1, -0.05) is 29.8 Å². The number of halogens is 1. The van der Waals surface area contributed by atoms with Crippen molar-refractivity contribution >= 4 is 23.0 Å². The van der Waals surface area contributed by atoms with Crippen molar-refractivity contribution in [3.05, 3.63) is 0 Å². The summed E-state index contributed by atoms with van der Waals surface area (Å²) in [5, 5.41) is 1.04. The van der Waals surface area contributed by atoms with Gasteiger partial charge in [0.05, 0.1) is 11.7 Å². The molecule has 4 rings (SSSR count). The molecule has 1 aliphatic heterocycles. The molecule has 17 heavy (non-hydrogen) atoms. The van der Waals surface area contributed by atoms with Crippen molar-refractivity contribution in [2.24, 2.45) is 17.3 Å². The Morgan fingerprint density at radius 1 is 1.29 bits per heavy atom. The van der Waals surface area contributed by atoms with E-state index in [2.05, 4.69) is 36.7 Å². The third-order valence-corrected chi connectivity index (χ3v) is 6.14. The fourth-order valence-corrected chi connectivity index (χ4v) is 4.64. The second-order valence-electron chi connectivity index (χ2n) is 6.73. The zero-order chi connectivity index (χ0) is 12.3. The van der Waals surface area contributed by atoms with E-state index in [4.69, 9.17) is 9.31 Å². The van der Waals surface area contributed by atoms with Crippen LogP contribution in [0.15, 0.2) is 0 Å². The van der Waals surface area contributed by atoms with E-state index in [1.807, 2.05) is 0 Å². The summed E-state index contributed by atoms with van der Waals surface area (Å²) in [4.78, 5) is 0. The summed E-state index contributed by atoms with van der Waals surface area (Å²) in [5.74, 6) is 1.54. The molecule has 0 radical (unpaired) electrons. The Morgan fingerprint density at radius 3 is 2.71 bits per heavy atom. The van der Waals surface area contributed by atoms with Crippen molar-refractivity contribution in [1.82, 2.24) is 0 Å². The second kappa shape index (κ2) is 3.98. The maximum absolute atomic E-state index is 6.30. The van der Waals surface area contributed by atoms with Crippen LogP contribution in [0.5, 0.6) is 0 Å². The quantitative estimate of drug-likeness (QED) is 0.587. The van der Waals surface area contributed by atoms with Crippen LogP contribution in [0.4, 0.5) is 0 Å². The Hall–Kier alpha value is 0.465. The highest BCUT2D eigenvalue weighted by atomic mass is 79.9. The van der Waals surface area contributed by atoms with E-state index in [9.17, 15) is 0 Å². The standard InChI is InChI=1S/C13H22BBrO2/c1-12(2)9-7-10(12)13(3)11(8-9)16-14(17-13)5-4-6-15/h9-11H,4-8H2,1-3H3/t9?,10?,11?,13-/m0/s1. The molecule has 2 bridgehead atoms. The predicted molar refractivity (Wildman–Crippen MR) is 73.3 cm³/mol. The zero-order valence-electron chi connectivity index (χ0n) is 11.0. The number of hydrogen-bond acceptors (Lipinski definition) is 2. The van der Waals surface area contributed by atoms with Crippen molar-refractivity contribution < 1.29 is 9.31 Å². The molecule has 4 aliphatic rings. The minimum absolute atomic E-state index is 0.0186. The molecule has 1 saturated heterocycles. The molecule has 0 aromatic carbocycles. The van der Waals surface area contributed by atoms with Gasteiger partial charge in [0.15, 0.2) is 0 Å². The number of rotatable bonds is 3. The molecule has 0 aromatic heterocycles. The summed E-state index contributed by atoms with van der Waals surface area (Å²) < 4.78 is 12.4. The average Bonchev–Trinajstić information content (AvgIpc) is 2.61. The molecule has 1 heterocycles. The van der Waals surface area contributed by atoms with E-state index in [1.54, 1.807) is 0 Å². The van der Waals surface area contributed by atoms with Crippen molar-refractivity contribution in [2.75, 3.05) is 5.33 Å². The maximum Gasteiger partial charge on any atom is 0.457 e. The van der Waals surface area contributed by atoms with Gasteiger partial charge in [-0.15, -0.1) is 0 Å². The van der Waals surface area contributed by atoms with Gasteiger partial charge in [0, 0.05) is 5.33 Å². The van der Waals surface area contributed by atoms with Gasteiger partial charge in [-0.25, -0.2) is 0 Å². The Morgan fingerprint density at radius 2 is 2.06 bits per heavy atom. The first-order valence-corrected chi connectivity index (χ1v) is 8.00. The SMILES string of the molecule is CC1(C)C2CC3OB(CCCBr)O[C@@]3(C)C1C2. The molecule has 96 valence electrons. The Labute approximate surface area is 113 Å². The normalized spacial score (nSPS) is 46.6. The van der Waals surface area contributed by atoms with E-state index in [0.29, 0.717) is 17.4 Å². The lowest BCUT2D eigenvalue weighted by molar-refractivity contribution is -0.199. The van der Waals surface area contributed by atoms with Crippen LogP contribution in [0.25, 0.3) is 0 Å². The fraction of sp³-hybridized carbons (Fsp3) is 1.00. The highest BCUT2D eigenvalue weighted by Crippen LogP contribution is 2.65. The molecule has 4 atom stereocenters. The first-order valence-electron chi connectivity index (χ1n) is 6.87. The molecular weight excluding hydrogens is 279 g/mol. The average molecular weight is 301 g/mol. The van der Waals surface area contributed by atoms with Gasteiger partial charge in [0.25, 0.3) is 0 Å². The van der Waals surface area contributed by atoms with E-state index in [1.165, 1.54) is 12.8 Å². The minimum Gasteiger partial charge on any atom is -0.405 e. The lowest BCUT2D eigenvalue weighted by Crippen LogP contribution is -2.65. The van der Waals surface area contributed by atoms with Gasteiger partial charge in [-0.2, -0.15) is 0 Å². The molecule has 0 amide bonds. The molecule has 0 N–H and O–H groups in total. The summed E-state index contributed by atoms with van der Waals surface area (Å²) >= 11 is 3.47. The third kappa shape index (κ3) is 1.67. The predicted octanol–water partition coefficient (Wildman–Crippen LogP) is 3.50. The second-order valence-corrected chi connectivity index (χ2v) is 7.52. The van der Waals surface area contributed by atoms with E-state index < -0.39 is 0 Å². The number of hydrogen-bond donors (Lipinski definition) is 0. The van der Waals surface area contributed by atoms with E-state index >= 15 is 0 Å². The topological polar surface area (TPSA) is 18.5 Å². The molecule has 3 unspecified atom stereocenters. The summed E-state index contributed by atoms with van der Waals surface area (Å²) in [7, 11) is 0.0395. The molecule has 2 nitrogen and oxygen atoms in total. The molecule has 3 aliphatic carbocycles. The number of alkyl halides is 1. The van der Waals surface area contributed by atoms with Crippen LogP contribution in [0.1, 0.15) is 40.0 Å². The minimum atomic E-state index is -0.0186. The molecule has 3 saturated carbocycles. The third-order valence-electron chi connectivity index (χ3n) is 5.58. The summed E-state index contributed by atoms with van der Waals surface area (Å²) in [6, 6.07) is 0. The first kappa shape index (κ1) is 12.5. The van der Waals surface area contributed by atoms with Gasteiger partial charge in [-0.05, 0) is 49.8 Å². The van der Waals surface area contributed by atoms with Crippen LogP contribution in [-0.4, -0.2) is 24.2 Å². The zero-order valence-corrected chi connectivity index (χ0v) is 12.6. The monoisotopic (exact) mass is 300 g/mol. The fourth-order valence-electron chi connectivity index (χ4n) is 4.32. The molecule has 0 aromatic rings. The van der Waals surface area contributed by atoms with E-state index in [-0.39, 0.29) is 12.7 Å². The Kier molecular flexibility index (Phi) is 2.92. The Balaban J connectivity index is 1.73. The highest BCUT2D eigenvalue weighted by molar-refractivity contribution is 9.09. The van der Waals surface area contributed by atoms with Crippen LogP contribution in [0, 0.1) is 17.3 Å². The van der Waals surface area contributed by atoms with Crippen LogP contribution in [0.2, 0.25) is 6.32 Å². The van der Waals surface area contributed by atoms with Gasteiger partial charge < -0.3 is 9.31 Å². The first-order chi connectivity index (χ1) is 7.98. The Bertz CT molecular complexity index is 323. The molecule has 4 fully saturated rings. The van der Waals surface area contributed by atoms with Crippen molar-refractivity contribution in [3.63, 3.8) is 0 Å². The van der Waals surface area contributed by atoms with Gasteiger partial charge in [0.1, 0.15) is 0 Å². The van der Waals surface area contributed by atoms with Crippen molar-refractivity contribution in [1.29, 1.82) is 0 Å². The smallest absolute Gasteiger partial charge is 0.405 e. The molecule has 0 spiro atoms. The van der Waals surface area contributed by atoms with Gasteiger partial charge in [-0.3, -0.25) is 0 Å². The van der Waals surface area contributed by atoms with Crippen molar-refractivity contribution in [3.8, 4) is 0 Å². The maximum atomic E-state index is 6.30. The summed E-state index contributed by atoms with van der Waals surface area (Å²) in [5.41, 5.74) is 0.439. The van der Waals surface area contributed by atoms with Crippen LogP contribution >= 0.6 is 15.9 Å². The highest BCUT2D eigenvalue weighted by Gasteiger charge is 2.67. The van der Waals surface area contributed by atoms with Crippen molar-refractivity contribution in [2.45, 2.75) is 58.1 Å². The van der Waals surface area contributed by atoms with Crippen LogP contribution in [-0.2, 0) is 9.31 Å².